The van der Waals surface area contributed by atoms with Crippen LogP contribution in [0.1, 0.15) is 53.7 Å². The van der Waals surface area contributed by atoms with Crippen molar-refractivity contribution >= 4 is 27.5 Å². The molecule has 1 amide bonds. The van der Waals surface area contributed by atoms with Crippen molar-refractivity contribution in [1.82, 2.24) is 20.1 Å². The number of aromatic nitrogens is 3. The van der Waals surface area contributed by atoms with Crippen molar-refractivity contribution < 1.29 is 9.90 Å². The van der Waals surface area contributed by atoms with Gasteiger partial charge >= 0.3 is 0 Å². The smallest absolute Gasteiger partial charge is 0.270 e. The van der Waals surface area contributed by atoms with Gasteiger partial charge in [0.05, 0.1) is 28.0 Å². The first-order chi connectivity index (χ1) is 15.7. The van der Waals surface area contributed by atoms with Gasteiger partial charge in [-0.05, 0) is 66.1 Å². The number of hydrogen-bond donors (Lipinski definition) is 2. The van der Waals surface area contributed by atoms with E-state index in [2.05, 4.69) is 39.7 Å². The molecule has 1 aliphatic rings. The minimum Gasteiger partial charge on any atom is -0.391 e. The molecule has 4 aromatic rings. The Morgan fingerprint density at radius 3 is 2.81 bits per heavy atom. The Labute approximate surface area is 190 Å². The summed E-state index contributed by atoms with van der Waals surface area (Å²) < 4.78 is 2.94. The summed E-state index contributed by atoms with van der Waals surface area (Å²) in [6.45, 7) is 0. The van der Waals surface area contributed by atoms with E-state index in [0.29, 0.717) is 12.1 Å². The van der Waals surface area contributed by atoms with Crippen LogP contribution in [-0.4, -0.2) is 37.9 Å². The van der Waals surface area contributed by atoms with Crippen molar-refractivity contribution in [3.8, 4) is 5.69 Å². The van der Waals surface area contributed by atoms with Gasteiger partial charge in [-0.1, -0.05) is 31.4 Å². The number of carbonyl (C=O) groups excluding carboxylic acids is 1. The number of amides is 1. The van der Waals surface area contributed by atoms with Crippen LogP contribution in [0.5, 0.6) is 0 Å². The number of rotatable bonds is 5. The topological polar surface area (TPSA) is 80.0 Å². The van der Waals surface area contributed by atoms with Crippen LogP contribution >= 0.6 is 11.3 Å². The van der Waals surface area contributed by atoms with Crippen molar-refractivity contribution in [2.45, 2.75) is 50.7 Å². The van der Waals surface area contributed by atoms with Crippen LogP contribution in [0.25, 0.3) is 15.9 Å². The first kappa shape index (κ1) is 20.8. The maximum atomic E-state index is 13.0. The molecule has 3 heterocycles. The number of aliphatic hydroxyl groups excluding tert-OH is 1. The first-order valence-corrected chi connectivity index (χ1v) is 12.0. The van der Waals surface area contributed by atoms with E-state index in [9.17, 15) is 9.90 Å². The first-order valence-electron chi connectivity index (χ1n) is 11.1. The maximum Gasteiger partial charge on any atom is 0.270 e. The van der Waals surface area contributed by atoms with E-state index in [1.165, 1.54) is 0 Å². The third-order valence-electron chi connectivity index (χ3n) is 6.12. The van der Waals surface area contributed by atoms with Crippen molar-refractivity contribution in [1.29, 1.82) is 0 Å². The zero-order chi connectivity index (χ0) is 21.9. The van der Waals surface area contributed by atoms with Crippen LogP contribution in [0.2, 0.25) is 0 Å². The van der Waals surface area contributed by atoms with Crippen molar-refractivity contribution in [3.05, 3.63) is 77.1 Å². The zero-order valence-electron chi connectivity index (χ0n) is 17.8. The molecule has 0 bridgehead atoms. The number of pyridine rings is 1. The summed E-state index contributed by atoms with van der Waals surface area (Å²) in [4.78, 5) is 17.6. The second-order valence-corrected chi connectivity index (χ2v) is 9.30. The Hall–Kier alpha value is -3.03. The molecule has 2 atom stereocenters. The van der Waals surface area contributed by atoms with Gasteiger partial charge in [-0.2, -0.15) is 5.10 Å². The number of aliphatic hydroxyl groups is 1. The quantitative estimate of drug-likeness (QED) is 0.443. The number of thiophene rings is 1. The third-order valence-corrected chi connectivity index (χ3v) is 7.10. The number of nitrogens with zero attached hydrogens (tertiary/aromatic N) is 3. The van der Waals surface area contributed by atoms with E-state index >= 15 is 0 Å². The van der Waals surface area contributed by atoms with Crippen LogP contribution in [-0.2, 0) is 6.42 Å². The Bertz CT molecular complexity index is 1200. The predicted octanol–water partition coefficient (Wildman–Crippen LogP) is 4.50. The van der Waals surface area contributed by atoms with Gasteiger partial charge in [-0.3, -0.25) is 4.79 Å². The van der Waals surface area contributed by atoms with E-state index in [4.69, 9.17) is 0 Å². The molecule has 0 unspecified atom stereocenters. The number of fused-ring (bicyclic) bond motifs is 1. The summed E-state index contributed by atoms with van der Waals surface area (Å²) >= 11 is 1.65. The van der Waals surface area contributed by atoms with Gasteiger partial charge in [0, 0.05) is 12.4 Å². The maximum absolute atomic E-state index is 13.0. The summed E-state index contributed by atoms with van der Waals surface area (Å²) in [5.41, 5.74) is 4.51. The number of carbonyl (C=O) groups is 1. The van der Waals surface area contributed by atoms with Gasteiger partial charge < -0.3 is 10.4 Å². The molecule has 164 valence electrons. The molecule has 1 fully saturated rings. The lowest BCUT2D eigenvalue weighted by Crippen LogP contribution is -2.43. The molecule has 1 saturated carbocycles. The van der Waals surface area contributed by atoms with Crippen molar-refractivity contribution in [2.24, 2.45) is 0 Å². The standard InChI is InChI=1S/C25H26N4O2S/c30-23-6-3-1-2-5-20(23)28-25(31)22-16-18(24-21(27-22)11-14-32-24)15-17-7-9-19(10-8-17)29-13-4-12-26-29/h4,7-14,16,20,23,30H,1-3,5-6,15H2,(H,28,31)/t20-,23-/m1/s1. The Balaban J connectivity index is 1.38. The van der Waals surface area contributed by atoms with E-state index in [1.807, 2.05) is 34.5 Å². The molecular weight excluding hydrogens is 420 g/mol. The van der Waals surface area contributed by atoms with Gasteiger partial charge in [-0.15, -0.1) is 11.3 Å². The lowest BCUT2D eigenvalue weighted by atomic mass is 10.0. The molecule has 2 N–H and O–H groups in total. The number of benzene rings is 1. The molecule has 0 saturated heterocycles. The molecule has 1 aromatic carbocycles. The minimum absolute atomic E-state index is 0.205. The second kappa shape index (κ2) is 9.22. The van der Waals surface area contributed by atoms with Gasteiger partial charge in [0.2, 0.25) is 0 Å². The molecule has 0 spiro atoms. The third kappa shape index (κ3) is 4.45. The van der Waals surface area contributed by atoms with E-state index < -0.39 is 6.10 Å². The Morgan fingerprint density at radius 1 is 1.16 bits per heavy atom. The highest BCUT2D eigenvalue weighted by Crippen LogP contribution is 2.27. The molecule has 6 nitrogen and oxygen atoms in total. The summed E-state index contributed by atoms with van der Waals surface area (Å²) in [5, 5.41) is 19.7. The SMILES string of the molecule is O=C(N[C@@H]1CCCCC[C@H]1O)c1cc(Cc2ccc(-n3cccn3)cc2)c2sccc2n1. The molecule has 0 radical (unpaired) electrons. The fourth-order valence-electron chi connectivity index (χ4n) is 4.38. The normalized spacial score (nSPS) is 19.0. The zero-order valence-corrected chi connectivity index (χ0v) is 18.6. The number of hydrogen-bond acceptors (Lipinski definition) is 5. The molecule has 7 heteroatoms. The fourth-order valence-corrected chi connectivity index (χ4v) is 5.23. The van der Waals surface area contributed by atoms with Crippen LogP contribution in [0.15, 0.2) is 60.2 Å². The van der Waals surface area contributed by atoms with E-state index in [1.54, 1.807) is 17.5 Å². The highest BCUT2D eigenvalue weighted by atomic mass is 32.1. The molecule has 0 aliphatic heterocycles. The van der Waals surface area contributed by atoms with Crippen molar-refractivity contribution in [2.75, 3.05) is 0 Å². The summed E-state index contributed by atoms with van der Waals surface area (Å²) in [7, 11) is 0. The fraction of sp³-hybridized carbons (Fsp3) is 0.320. The summed E-state index contributed by atoms with van der Waals surface area (Å²) in [5.74, 6) is -0.209. The molecular formula is C25H26N4O2S. The minimum atomic E-state index is -0.487. The Morgan fingerprint density at radius 2 is 2.00 bits per heavy atom. The molecule has 5 rings (SSSR count). The summed E-state index contributed by atoms with van der Waals surface area (Å²) in [6, 6.07) is 13.9. The van der Waals surface area contributed by atoms with Gasteiger partial charge in [0.15, 0.2) is 0 Å². The van der Waals surface area contributed by atoms with E-state index in [0.717, 1.165) is 59.1 Å². The monoisotopic (exact) mass is 446 g/mol. The Kier molecular flexibility index (Phi) is 6.01. The van der Waals surface area contributed by atoms with E-state index in [-0.39, 0.29) is 11.9 Å². The molecule has 3 aromatic heterocycles. The summed E-state index contributed by atoms with van der Waals surface area (Å²) in [6.07, 6.45) is 8.60. The van der Waals surface area contributed by atoms with Gasteiger partial charge in [0.25, 0.3) is 5.91 Å². The molecule has 1 aliphatic carbocycles. The highest BCUT2D eigenvalue weighted by Gasteiger charge is 2.24. The van der Waals surface area contributed by atoms with Gasteiger partial charge in [-0.25, -0.2) is 9.67 Å². The lowest BCUT2D eigenvalue weighted by Gasteiger charge is -2.21. The van der Waals surface area contributed by atoms with Gasteiger partial charge in [0.1, 0.15) is 5.69 Å². The van der Waals surface area contributed by atoms with Crippen LogP contribution < -0.4 is 5.32 Å². The molecule has 32 heavy (non-hydrogen) atoms. The largest absolute Gasteiger partial charge is 0.391 e. The average Bonchev–Trinajstić information content (AvgIpc) is 3.47. The number of nitrogens with one attached hydrogen (secondary N) is 1. The van der Waals surface area contributed by atoms with Crippen LogP contribution in [0.3, 0.4) is 0 Å². The second-order valence-electron chi connectivity index (χ2n) is 8.38. The highest BCUT2D eigenvalue weighted by molar-refractivity contribution is 7.17. The lowest BCUT2D eigenvalue weighted by molar-refractivity contribution is 0.0814. The van der Waals surface area contributed by atoms with Crippen LogP contribution in [0.4, 0.5) is 0 Å². The van der Waals surface area contributed by atoms with Crippen molar-refractivity contribution in [3.63, 3.8) is 0 Å². The average molecular weight is 447 g/mol. The predicted molar refractivity (Wildman–Crippen MR) is 126 cm³/mol. The van der Waals surface area contributed by atoms with Crippen LogP contribution in [0, 0.1) is 0 Å².